The van der Waals surface area contributed by atoms with Gasteiger partial charge in [-0.3, -0.25) is 4.90 Å². The number of aliphatic hydroxyl groups is 1. The molecule has 4 atom stereocenters. The van der Waals surface area contributed by atoms with Gasteiger partial charge in [0.1, 0.15) is 11.9 Å². The van der Waals surface area contributed by atoms with Gasteiger partial charge in [0.25, 0.3) is 0 Å². The topological polar surface area (TPSA) is 54.3 Å². The molecule has 1 fully saturated rings. The molecule has 6 heteroatoms. The van der Waals surface area contributed by atoms with Crippen molar-refractivity contribution in [1.82, 2.24) is 4.90 Å². The fourth-order valence-corrected chi connectivity index (χ4v) is 5.16. The maximum absolute atomic E-state index is 9.40. The van der Waals surface area contributed by atoms with Gasteiger partial charge < -0.3 is 14.7 Å². The molecule has 0 radical (unpaired) electrons. The van der Waals surface area contributed by atoms with Crippen LogP contribution in [0.15, 0.2) is 65.1 Å². The van der Waals surface area contributed by atoms with Gasteiger partial charge in [-0.05, 0) is 37.2 Å². The van der Waals surface area contributed by atoms with E-state index in [1.165, 1.54) is 0 Å². The second-order valence-corrected chi connectivity index (χ2v) is 10.5. The number of halogens is 1. The van der Waals surface area contributed by atoms with Gasteiger partial charge >= 0.3 is 0 Å². The first-order valence-corrected chi connectivity index (χ1v) is 13.1. The van der Waals surface area contributed by atoms with Gasteiger partial charge in [-0.25, -0.2) is 0 Å². The van der Waals surface area contributed by atoms with Crippen molar-refractivity contribution in [2.45, 2.75) is 71.2 Å². The fourth-order valence-electron chi connectivity index (χ4n) is 4.96. The minimum Gasteiger partial charge on any atom is -0.509 e. The van der Waals surface area contributed by atoms with Crippen molar-refractivity contribution in [2.75, 3.05) is 19.6 Å². The predicted octanol–water partition coefficient (Wildman–Crippen LogP) is 6.55. The van der Waals surface area contributed by atoms with E-state index < -0.39 is 0 Å². The summed E-state index contributed by atoms with van der Waals surface area (Å²) in [6.07, 6.45) is 14.9. The van der Waals surface area contributed by atoms with Crippen molar-refractivity contribution in [3.8, 4) is 0 Å². The van der Waals surface area contributed by atoms with E-state index in [1.807, 2.05) is 12.2 Å². The van der Waals surface area contributed by atoms with Crippen molar-refractivity contribution in [3.63, 3.8) is 0 Å². The summed E-state index contributed by atoms with van der Waals surface area (Å²) in [6.45, 7) is 17.6. The first-order valence-electron chi connectivity index (χ1n) is 12.7. The summed E-state index contributed by atoms with van der Waals surface area (Å²) in [7, 11) is 0. The second-order valence-electron chi connectivity index (χ2n) is 10.1. The molecule has 3 rings (SSSR count). The summed E-state index contributed by atoms with van der Waals surface area (Å²) in [5, 5.41) is 14.5. The molecule has 0 aromatic carbocycles. The van der Waals surface area contributed by atoms with Crippen LogP contribution in [0.25, 0.3) is 0 Å². The van der Waals surface area contributed by atoms with E-state index in [4.69, 9.17) is 21.2 Å². The zero-order valence-corrected chi connectivity index (χ0v) is 21.7. The normalized spacial score (nSPS) is 28.3. The monoisotopic (exact) mass is 488 g/mol. The Morgan fingerprint density at radius 3 is 2.71 bits per heavy atom. The van der Waals surface area contributed by atoms with Crippen molar-refractivity contribution in [1.29, 1.82) is 0 Å². The molecule has 1 N–H and O–H groups in total. The molecule has 0 aromatic heterocycles. The van der Waals surface area contributed by atoms with Gasteiger partial charge in [-0.1, -0.05) is 81.4 Å². The summed E-state index contributed by atoms with van der Waals surface area (Å²) in [5.74, 6) is 1.05. The van der Waals surface area contributed by atoms with Gasteiger partial charge in [-0.2, -0.15) is 0 Å². The average molecular weight is 489 g/mol. The Kier molecular flexibility index (Phi) is 10.0. The Labute approximate surface area is 210 Å². The maximum Gasteiger partial charge on any atom is 0.140 e. The van der Waals surface area contributed by atoms with Gasteiger partial charge in [-0.15, -0.1) is 0 Å². The quantitative estimate of drug-likeness (QED) is 0.192. The number of unbranched alkanes of at least 4 members (excludes halogenated alkanes) is 1. The molecule has 0 spiro atoms. The standard InChI is InChI=1S/C28H41ClN2O3/c1-6-7-10-25(29)21(5)28-27(26(34-30-28)11-8-9-20(4)32)22-12-14-23(15-13-22)33-24-17-31(18-24)16-19(2)3/h8-10,12,14,19,22-24,26-27,32H,4-7,11,13,15-18H2,1-3H3/b9-8-,25-10+/t22?,23-,26-,27?/m1/s1. The second kappa shape index (κ2) is 12.8. The third-order valence-corrected chi connectivity index (χ3v) is 7.01. The molecule has 0 amide bonds. The van der Waals surface area contributed by atoms with E-state index in [-0.39, 0.29) is 29.8 Å². The molecule has 1 saturated heterocycles. The van der Waals surface area contributed by atoms with E-state index in [9.17, 15) is 5.11 Å². The molecule has 0 aromatic rings. The highest BCUT2D eigenvalue weighted by Crippen LogP contribution is 2.39. The van der Waals surface area contributed by atoms with Crippen LogP contribution in [0.3, 0.4) is 0 Å². The van der Waals surface area contributed by atoms with Crippen LogP contribution in [0.5, 0.6) is 0 Å². The molecule has 0 saturated carbocycles. The van der Waals surface area contributed by atoms with Crippen LogP contribution < -0.4 is 0 Å². The number of nitrogens with zero attached hydrogens (tertiary/aromatic N) is 2. The molecule has 2 unspecified atom stereocenters. The number of allylic oxidation sites excluding steroid dienone is 5. The third kappa shape index (κ3) is 7.34. The number of hydrogen-bond acceptors (Lipinski definition) is 5. The van der Waals surface area contributed by atoms with E-state index in [0.717, 1.165) is 56.6 Å². The molecular formula is C28H41ClN2O3. The van der Waals surface area contributed by atoms with Gasteiger partial charge in [0.2, 0.25) is 0 Å². The molecule has 2 aliphatic heterocycles. The molecule has 1 aliphatic carbocycles. The lowest BCUT2D eigenvalue weighted by atomic mass is 9.76. The SMILES string of the molecule is C=C(O)/C=C\C[C@H]1ON=C(C(=C)/C(Cl)=C\CCC)C1C1C=C[C@@H](OC2CN(CC(C)C)C2)CC1. The van der Waals surface area contributed by atoms with E-state index in [2.05, 4.69) is 56.1 Å². The third-order valence-electron chi connectivity index (χ3n) is 6.62. The average Bonchev–Trinajstić information content (AvgIpc) is 3.19. The maximum atomic E-state index is 9.40. The molecular weight excluding hydrogens is 448 g/mol. The Hall–Kier alpha value is -1.82. The van der Waals surface area contributed by atoms with Crippen LogP contribution >= 0.6 is 11.6 Å². The molecule has 5 nitrogen and oxygen atoms in total. The highest BCUT2D eigenvalue weighted by molar-refractivity contribution is 6.36. The Balaban J connectivity index is 1.64. The molecule has 3 aliphatic rings. The minimum absolute atomic E-state index is 0.0335. The lowest BCUT2D eigenvalue weighted by Gasteiger charge is -2.42. The summed E-state index contributed by atoms with van der Waals surface area (Å²) in [4.78, 5) is 8.32. The molecule has 0 bridgehead atoms. The Morgan fingerprint density at radius 2 is 2.09 bits per heavy atom. The Bertz CT molecular complexity index is 839. The predicted molar refractivity (Wildman–Crippen MR) is 141 cm³/mol. The Morgan fingerprint density at radius 1 is 1.32 bits per heavy atom. The van der Waals surface area contributed by atoms with E-state index >= 15 is 0 Å². The smallest absolute Gasteiger partial charge is 0.140 e. The highest BCUT2D eigenvalue weighted by atomic mass is 35.5. The number of ether oxygens (including phenoxy) is 1. The van der Waals surface area contributed by atoms with Gasteiger partial charge in [0.05, 0.1) is 23.8 Å². The number of likely N-dealkylation sites (tertiary alicyclic amines) is 1. The van der Waals surface area contributed by atoms with Crippen LogP contribution in [0.2, 0.25) is 0 Å². The zero-order valence-electron chi connectivity index (χ0n) is 21.0. The number of hydrogen-bond donors (Lipinski definition) is 1. The van der Waals surface area contributed by atoms with Crippen molar-refractivity contribution >= 4 is 17.3 Å². The number of aliphatic hydroxyl groups excluding tert-OH is 1. The van der Waals surface area contributed by atoms with Crippen molar-refractivity contribution < 1.29 is 14.7 Å². The van der Waals surface area contributed by atoms with Crippen molar-refractivity contribution in [3.05, 3.63) is 59.9 Å². The van der Waals surface area contributed by atoms with Crippen LogP contribution in [-0.4, -0.2) is 53.7 Å². The van der Waals surface area contributed by atoms with Gasteiger partial charge in [0.15, 0.2) is 0 Å². The largest absolute Gasteiger partial charge is 0.509 e. The lowest BCUT2D eigenvalue weighted by molar-refractivity contribution is -0.0849. The lowest BCUT2D eigenvalue weighted by Crippen LogP contribution is -2.54. The summed E-state index contributed by atoms with van der Waals surface area (Å²) >= 11 is 6.56. The first kappa shape index (κ1) is 26.8. The number of oxime groups is 1. The van der Waals surface area contributed by atoms with Crippen LogP contribution in [0.4, 0.5) is 0 Å². The van der Waals surface area contributed by atoms with Gasteiger partial charge in [0, 0.05) is 36.7 Å². The zero-order chi connectivity index (χ0) is 24.7. The first-order chi connectivity index (χ1) is 16.3. The minimum atomic E-state index is -0.138. The van der Waals surface area contributed by atoms with Crippen LogP contribution in [0.1, 0.15) is 52.9 Å². The molecule has 34 heavy (non-hydrogen) atoms. The molecule has 2 heterocycles. The summed E-state index contributed by atoms with van der Waals surface area (Å²) in [5.41, 5.74) is 1.57. The fraction of sp³-hybridized carbons (Fsp3) is 0.607. The summed E-state index contributed by atoms with van der Waals surface area (Å²) < 4.78 is 6.34. The van der Waals surface area contributed by atoms with Crippen LogP contribution in [0, 0.1) is 17.8 Å². The summed E-state index contributed by atoms with van der Waals surface area (Å²) in [6, 6.07) is 0. The highest BCUT2D eigenvalue weighted by Gasteiger charge is 2.41. The van der Waals surface area contributed by atoms with Crippen molar-refractivity contribution in [2.24, 2.45) is 22.9 Å². The molecule has 188 valence electrons. The van der Waals surface area contributed by atoms with Crippen LogP contribution in [-0.2, 0) is 9.57 Å². The van der Waals surface area contributed by atoms with E-state index in [0.29, 0.717) is 23.5 Å². The van der Waals surface area contributed by atoms with E-state index in [1.54, 1.807) is 6.08 Å². The number of rotatable bonds is 12.